The molecule has 0 radical (unpaired) electrons. The fraction of sp³-hybridized carbons (Fsp3) is 0.667. The molecule has 0 saturated carbocycles. The van der Waals surface area contributed by atoms with Gasteiger partial charge in [-0.25, -0.2) is 8.42 Å². The summed E-state index contributed by atoms with van der Waals surface area (Å²) in [6.45, 7) is 9.57. The van der Waals surface area contributed by atoms with Crippen molar-refractivity contribution in [3.63, 3.8) is 0 Å². The summed E-state index contributed by atoms with van der Waals surface area (Å²) in [4.78, 5) is 15.2. The number of hydrogen-bond donors (Lipinski definition) is 1. The van der Waals surface area contributed by atoms with E-state index in [0.717, 1.165) is 50.7 Å². The molecule has 28 heavy (non-hydrogen) atoms. The molecule has 2 fully saturated rings. The van der Waals surface area contributed by atoms with Crippen molar-refractivity contribution in [2.24, 2.45) is 11.8 Å². The van der Waals surface area contributed by atoms with Gasteiger partial charge < -0.3 is 10.2 Å². The number of amides is 1. The number of likely N-dealkylation sites (tertiary alicyclic amines) is 1. The molecule has 156 valence electrons. The second-order valence-corrected chi connectivity index (χ2v) is 10.4. The monoisotopic (exact) mass is 407 g/mol. The van der Waals surface area contributed by atoms with Crippen molar-refractivity contribution < 1.29 is 13.2 Å². The van der Waals surface area contributed by atoms with E-state index in [1.54, 1.807) is 18.2 Å². The van der Waals surface area contributed by atoms with Crippen LogP contribution in [0.1, 0.15) is 49.9 Å². The first-order chi connectivity index (χ1) is 13.4. The zero-order chi connectivity index (χ0) is 20.1. The third kappa shape index (κ3) is 5.33. The largest absolute Gasteiger partial charge is 0.352 e. The zero-order valence-corrected chi connectivity index (χ0v) is 17.9. The van der Waals surface area contributed by atoms with Crippen LogP contribution in [0.15, 0.2) is 29.2 Å². The summed E-state index contributed by atoms with van der Waals surface area (Å²) in [6.07, 6.45) is 3.99. The topological polar surface area (TPSA) is 69.7 Å². The fourth-order valence-electron chi connectivity index (χ4n) is 4.46. The van der Waals surface area contributed by atoms with Gasteiger partial charge >= 0.3 is 0 Å². The summed E-state index contributed by atoms with van der Waals surface area (Å²) in [5.74, 6) is 1.26. The van der Waals surface area contributed by atoms with Crippen LogP contribution >= 0.6 is 0 Å². The number of nitrogens with zero attached hydrogens (tertiary/aromatic N) is 2. The van der Waals surface area contributed by atoms with Gasteiger partial charge in [0.05, 0.1) is 4.90 Å². The molecule has 2 unspecified atom stereocenters. The van der Waals surface area contributed by atoms with E-state index in [-0.39, 0.29) is 10.8 Å². The number of hydrogen-bond acceptors (Lipinski definition) is 4. The summed E-state index contributed by atoms with van der Waals surface area (Å²) in [5, 5.41) is 2.94. The predicted octanol–water partition coefficient (Wildman–Crippen LogP) is 2.57. The number of benzene rings is 1. The molecule has 1 N–H and O–H groups in total. The first-order valence-electron chi connectivity index (χ1n) is 10.5. The highest BCUT2D eigenvalue weighted by Gasteiger charge is 2.27. The van der Waals surface area contributed by atoms with E-state index < -0.39 is 10.0 Å². The van der Waals surface area contributed by atoms with E-state index in [0.29, 0.717) is 25.2 Å². The summed E-state index contributed by atoms with van der Waals surface area (Å²) >= 11 is 0. The van der Waals surface area contributed by atoms with Gasteiger partial charge in [0, 0.05) is 38.3 Å². The summed E-state index contributed by atoms with van der Waals surface area (Å²) in [7, 11) is -3.50. The lowest BCUT2D eigenvalue weighted by Crippen LogP contribution is -2.40. The normalized spacial score (nSPS) is 24.4. The molecule has 7 heteroatoms. The highest BCUT2D eigenvalue weighted by molar-refractivity contribution is 7.89. The van der Waals surface area contributed by atoms with Gasteiger partial charge in [-0.1, -0.05) is 19.9 Å². The van der Waals surface area contributed by atoms with Crippen molar-refractivity contribution in [1.82, 2.24) is 14.5 Å². The van der Waals surface area contributed by atoms with E-state index in [1.807, 2.05) is 0 Å². The molecular weight excluding hydrogens is 374 g/mol. The summed E-state index contributed by atoms with van der Waals surface area (Å²) in [6, 6.07) is 6.39. The number of nitrogens with one attached hydrogen (secondary N) is 1. The van der Waals surface area contributed by atoms with Gasteiger partial charge in [0.2, 0.25) is 10.0 Å². The molecule has 2 aliphatic heterocycles. The molecule has 2 saturated heterocycles. The fourth-order valence-corrected chi connectivity index (χ4v) is 6.02. The minimum Gasteiger partial charge on any atom is -0.352 e. The van der Waals surface area contributed by atoms with Gasteiger partial charge in [-0.2, -0.15) is 4.31 Å². The Kier molecular flexibility index (Phi) is 7.12. The highest BCUT2D eigenvalue weighted by Crippen LogP contribution is 2.22. The lowest BCUT2D eigenvalue weighted by atomic mass is 9.92. The first kappa shape index (κ1) is 21.3. The molecule has 2 aliphatic rings. The van der Waals surface area contributed by atoms with Crippen molar-refractivity contribution in [2.75, 3.05) is 39.3 Å². The zero-order valence-electron chi connectivity index (χ0n) is 17.1. The van der Waals surface area contributed by atoms with Crippen LogP contribution in [0.5, 0.6) is 0 Å². The van der Waals surface area contributed by atoms with Crippen molar-refractivity contribution in [3.05, 3.63) is 29.8 Å². The Labute approximate surface area is 169 Å². The molecule has 6 nitrogen and oxygen atoms in total. The number of carbonyl (C=O) groups is 1. The Morgan fingerprint density at radius 3 is 2.50 bits per heavy atom. The van der Waals surface area contributed by atoms with Gasteiger partial charge in [0.1, 0.15) is 0 Å². The second-order valence-electron chi connectivity index (χ2n) is 8.45. The smallest absolute Gasteiger partial charge is 0.251 e. The van der Waals surface area contributed by atoms with Crippen LogP contribution < -0.4 is 5.32 Å². The van der Waals surface area contributed by atoms with E-state index in [4.69, 9.17) is 0 Å². The van der Waals surface area contributed by atoms with Gasteiger partial charge in [-0.3, -0.25) is 4.79 Å². The lowest BCUT2D eigenvalue weighted by Gasteiger charge is -2.34. The molecular formula is C21H33N3O3S. The molecule has 1 aromatic carbocycles. The molecule has 2 atom stereocenters. The molecule has 0 aromatic heterocycles. The minimum absolute atomic E-state index is 0.207. The first-order valence-corrected chi connectivity index (χ1v) is 11.9. The van der Waals surface area contributed by atoms with Gasteiger partial charge in [0.25, 0.3) is 5.91 Å². The van der Waals surface area contributed by atoms with E-state index >= 15 is 0 Å². The average molecular weight is 408 g/mol. The van der Waals surface area contributed by atoms with E-state index in [9.17, 15) is 13.2 Å². The van der Waals surface area contributed by atoms with Crippen molar-refractivity contribution in [2.45, 2.75) is 44.4 Å². The Balaban J connectivity index is 1.51. The molecule has 3 rings (SSSR count). The third-order valence-corrected chi connectivity index (χ3v) is 7.57. The number of rotatable bonds is 7. The molecule has 0 spiro atoms. The maximum absolute atomic E-state index is 12.7. The Bertz CT molecular complexity index is 765. The molecule has 1 amide bonds. The predicted molar refractivity (Wildman–Crippen MR) is 111 cm³/mol. The maximum atomic E-state index is 12.7. The Hall–Kier alpha value is -1.44. The maximum Gasteiger partial charge on any atom is 0.251 e. The van der Waals surface area contributed by atoms with Gasteiger partial charge in [-0.15, -0.1) is 0 Å². The number of piperidine rings is 1. The van der Waals surface area contributed by atoms with Crippen LogP contribution in [-0.2, 0) is 10.0 Å². The Morgan fingerprint density at radius 2 is 1.82 bits per heavy atom. The molecule has 0 aliphatic carbocycles. The highest BCUT2D eigenvalue weighted by atomic mass is 32.2. The quantitative estimate of drug-likeness (QED) is 0.706. The summed E-state index contributed by atoms with van der Waals surface area (Å²) < 4.78 is 26.9. The van der Waals surface area contributed by atoms with Crippen LogP contribution in [0.25, 0.3) is 0 Å². The minimum atomic E-state index is -3.50. The SMILES string of the molecule is CC1CC(C)CN(CCCNC(=O)c2cccc(S(=O)(=O)N3CCCC3)c2)C1. The van der Waals surface area contributed by atoms with Crippen LogP contribution in [0.2, 0.25) is 0 Å². The molecule has 1 aromatic rings. The third-order valence-electron chi connectivity index (χ3n) is 5.68. The van der Waals surface area contributed by atoms with E-state index in [2.05, 4.69) is 24.1 Å². The number of sulfonamides is 1. The van der Waals surface area contributed by atoms with Crippen molar-refractivity contribution in [1.29, 1.82) is 0 Å². The average Bonchev–Trinajstić information content (AvgIpc) is 3.20. The molecule has 2 heterocycles. The lowest BCUT2D eigenvalue weighted by molar-refractivity contribution is 0.0947. The van der Waals surface area contributed by atoms with E-state index in [1.165, 1.54) is 16.8 Å². The van der Waals surface area contributed by atoms with Crippen LogP contribution in [0.3, 0.4) is 0 Å². The number of carbonyl (C=O) groups excluding carboxylic acids is 1. The molecule has 0 bridgehead atoms. The Morgan fingerprint density at radius 1 is 1.14 bits per heavy atom. The van der Waals surface area contributed by atoms with Crippen molar-refractivity contribution >= 4 is 15.9 Å². The van der Waals surface area contributed by atoms with Crippen LogP contribution in [0.4, 0.5) is 0 Å². The van der Waals surface area contributed by atoms with Crippen LogP contribution in [0, 0.1) is 11.8 Å². The van der Waals surface area contributed by atoms with Crippen molar-refractivity contribution in [3.8, 4) is 0 Å². The summed E-state index contributed by atoms with van der Waals surface area (Å²) in [5.41, 5.74) is 0.403. The van der Waals surface area contributed by atoms with Crippen LogP contribution in [-0.4, -0.2) is 62.8 Å². The van der Waals surface area contributed by atoms with Gasteiger partial charge in [0.15, 0.2) is 0 Å². The second kappa shape index (κ2) is 9.37. The van der Waals surface area contributed by atoms with Gasteiger partial charge in [-0.05, 0) is 62.3 Å². The standard InChI is InChI=1S/C21H33N3O3S/c1-17-13-18(2)16-23(15-17)10-6-9-22-21(25)19-7-5-8-20(14-19)28(26,27)24-11-3-4-12-24/h5,7-8,14,17-18H,3-4,6,9-13,15-16H2,1-2H3,(H,22,25).